The van der Waals surface area contributed by atoms with Crippen molar-refractivity contribution in [3.8, 4) is 5.75 Å². The van der Waals surface area contributed by atoms with E-state index in [1.54, 1.807) is 13.8 Å². The summed E-state index contributed by atoms with van der Waals surface area (Å²) in [5.74, 6) is -0.333. The van der Waals surface area contributed by atoms with Gasteiger partial charge in [-0.1, -0.05) is 0 Å². The van der Waals surface area contributed by atoms with Crippen LogP contribution in [0.4, 0.5) is 35.5 Å². The van der Waals surface area contributed by atoms with E-state index in [-0.39, 0.29) is 22.2 Å². The monoisotopic (exact) mass is 564 g/mol. The zero-order valence-electron chi connectivity index (χ0n) is 19.7. The lowest BCUT2D eigenvalue weighted by Gasteiger charge is -2.10. The van der Waals surface area contributed by atoms with Gasteiger partial charge in [-0.3, -0.25) is 9.52 Å². The number of nitrogens with one attached hydrogen (secondary N) is 3. The van der Waals surface area contributed by atoms with Crippen LogP contribution in [-0.4, -0.2) is 35.6 Å². The van der Waals surface area contributed by atoms with Crippen molar-refractivity contribution in [2.24, 2.45) is 0 Å². The van der Waals surface area contributed by atoms with Crippen LogP contribution in [0.2, 0.25) is 0 Å². The molecule has 2 heterocycles. The van der Waals surface area contributed by atoms with E-state index in [1.807, 2.05) is 0 Å². The standard InChI is InChI=1S/C23H19F3N6O4S2/c1-13-11-20(28-14(2)27-13)32-38(34,35)18-9-5-15(6-10-18)29-21(33)19-12-37-22(31-19)30-16-3-7-17(8-4-16)36-23(24,25)26/h3-12H,1-2H3,(H,29,33)(H,30,31)(H,27,28,32). The second kappa shape index (κ2) is 10.6. The molecule has 0 spiro atoms. The molecule has 0 fully saturated rings. The number of ether oxygens (including phenoxy) is 1. The first-order valence-electron chi connectivity index (χ1n) is 10.7. The van der Waals surface area contributed by atoms with Gasteiger partial charge in [-0.25, -0.2) is 23.4 Å². The molecule has 3 N–H and O–H groups in total. The van der Waals surface area contributed by atoms with Crippen molar-refractivity contribution in [2.45, 2.75) is 25.1 Å². The van der Waals surface area contributed by atoms with Crippen molar-refractivity contribution in [1.82, 2.24) is 15.0 Å². The van der Waals surface area contributed by atoms with Crippen LogP contribution in [-0.2, 0) is 10.0 Å². The molecule has 198 valence electrons. The molecule has 1 amide bonds. The van der Waals surface area contributed by atoms with Gasteiger partial charge in [0.1, 0.15) is 23.1 Å². The van der Waals surface area contributed by atoms with Crippen LogP contribution in [0.1, 0.15) is 22.0 Å². The Morgan fingerprint density at radius 1 is 0.947 bits per heavy atom. The highest BCUT2D eigenvalue weighted by atomic mass is 32.2. The molecule has 15 heteroatoms. The highest BCUT2D eigenvalue weighted by molar-refractivity contribution is 7.92. The summed E-state index contributed by atoms with van der Waals surface area (Å²) in [6.07, 6.45) is -4.78. The van der Waals surface area contributed by atoms with Crippen LogP contribution in [0.25, 0.3) is 0 Å². The number of thiazole rings is 1. The number of halogens is 3. The highest BCUT2D eigenvalue weighted by Crippen LogP contribution is 2.27. The SMILES string of the molecule is Cc1cc(NS(=O)(=O)c2ccc(NC(=O)c3csc(Nc4ccc(OC(F)(F)F)cc4)n3)cc2)nc(C)n1. The maximum absolute atomic E-state index is 12.7. The predicted molar refractivity (Wildman–Crippen MR) is 135 cm³/mol. The molecule has 0 aliphatic rings. The largest absolute Gasteiger partial charge is 0.573 e. The van der Waals surface area contributed by atoms with Crippen molar-refractivity contribution < 1.29 is 31.1 Å². The van der Waals surface area contributed by atoms with E-state index in [1.165, 1.54) is 47.8 Å². The zero-order valence-corrected chi connectivity index (χ0v) is 21.3. The molecule has 2 aromatic heterocycles. The minimum atomic E-state index is -4.78. The van der Waals surface area contributed by atoms with Gasteiger partial charge in [0.2, 0.25) is 0 Å². The van der Waals surface area contributed by atoms with E-state index < -0.39 is 22.3 Å². The van der Waals surface area contributed by atoms with Gasteiger partial charge >= 0.3 is 6.36 Å². The Bertz CT molecular complexity index is 1540. The van der Waals surface area contributed by atoms with Crippen LogP contribution in [0.15, 0.2) is 64.9 Å². The molecule has 2 aromatic carbocycles. The second-order valence-electron chi connectivity index (χ2n) is 7.76. The van der Waals surface area contributed by atoms with E-state index in [0.29, 0.717) is 28.0 Å². The van der Waals surface area contributed by atoms with Crippen molar-refractivity contribution in [3.05, 3.63) is 77.2 Å². The Hall–Kier alpha value is -4.24. The number of hydrogen-bond acceptors (Lipinski definition) is 9. The topological polar surface area (TPSA) is 135 Å². The Morgan fingerprint density at radius 2 is 1.61 bits per heavy atom. The number of aromatic nitrogens is 3. The van der Waals surface area contributed by atoms with Gasteiger partial charge in [-0.2, -0.15) is 0 Å². The summed E-state index contributed by atoms with van der Waals surface area (Å²) in [5.41, 5.74) is 1.48. The minimum absolute atomic E-state index is 0.0313. The Kier molecular flexibility index (Phi) is 7.50. The molecule has 0 aliphatic heterocycles. The van der Waals surface area contributed by atoms with Gasteiger partial charge in [0.05, 0.1) is 4.90 Å². The van der Waals surface area contributed by atoms with Crippen LogP contribution < -0.4 is 20.1 Å². The molecule has 0 bridgehead atoms. The quantitative estimate of drug-likeness (QED) is 0.264. The van der Waals surface area contributed by atoms with Crippen molar-refractivity contribution in [1.29, 1.82) is 0 Å². The van der Waals surface area contributed by atoms with Crippen LogP contribution in [0, 0.1) is 13.8 Å². The molecule has 0 saturated heterocycles. The van der Waals surface area contributed by atoms with E-state index in [0.717, 1.165) is 23.5 Å². The molecule has 38 heavy (non-hydrogen) atoms. The minimum Gasteiger partial charge on any atom is -0.406 e. The first kappa shape index (κ1) is 26.8. The van der Waals surface area contributed by atoms with Gasteiger partial charge in [-0.05, 0) is 62.4 Å². The average molecular weight is 565 g/mol. The Labute approximate surface area is 219 Å². The van der Waals surface area contributed by atoms with Gasteiger partial charge < -0.3 is 15.4 Å². The lowest BCUT2D eigenvalue weighted by atomic mass is 10.3. The summed E-state index contributed by atoms with van der Waals surface area (Å²) in [6.45, 7) is 3.37. The van der Waals surface area contributed by atoms with Crippen molar-refractivity contribution in [3.63, 3.8) is 0 Å². The fourth-order valence-electron chi connectivity index (χ4n) is 3.18. The Balaban J connectivity index is 1.37. The second-order valence-corrected chi connectivity index (χ2v) is 10.3. The summed E-state index contributed by atoms with van der Waals surface area (Å²) < 4.78 is 68.4. The maximum Gasteiger partial charge on any atom is 0.573 e. The molecule has 0 aliphatic carbocycles. The highest BCUT2D eigenvalue weighted by Gasteiger charge is 2.31. The molecular weight excluding hydrogens is 545 g/mol. The van der Waals surface area contributed by atoms with Crippen LogP contribution >= 0.6 is 11.3 Å². The molecule has 0 atom stereocenters. The Morgan fingerprint density at radius 3 is 2.24 bits per heavy atom. The summed E-state index contributed by atoms with van der Waals surface area (Å²) in [4.78, 5) is 24.9. The van der Waals surface area contributed by atoms with E-state index in [9.17, 15) is 26.4 Å². The number of sulfonamides is 1. The van der Waals surface area contributed by atoms with Crippen molar-refractivity contribution >= 4 is 49.6 Å². The van der Waals surface area contributed by atoms with Crippen LogP contribution in [0.5, 0.6) is 5.75 Å². The summed E-state index contributed by atoms with van der Waals surface area (Å²) >= 11 is 1.11. The molecule has 0 radical (unpaired) electrons. The molecule has 4 aromatic rings. The number of rotatable bonds is 8. The molecule has 4 rings (SSSR count). The number of amides is 1. The number of carbonyl (C=O) groups is 1. The third-order valence-electron chi connectivity index (χ3n) is 4.70. The van der Waals surface area contributed by atoms with E-state index >= 15 is 0 Å². The number of carbonyl (C=O) groups excluding carboxylic acids is 1. The smallest absolute Gasteiger partial charge is 0.406 e. The normalized spacial score (nSPS) is 11.6. The average Bonchev–Trinajstić information content (AvgIpc) is 3.27. The maximum atomic E-state index is 12.7. The number of anilines is 4. The third-order valence-corrected chi connectivity index (χ3v) is 6.83. The summed E-state index contributed by atoms with van der Waals surface area (Å²) in [5, 5.41) is 7.35. The number of nitrogens with zero attached hydrogens (tertiary/aromatic N) is 3. The van der Waals surface area contributed by atoms with Crippen LogP contribution in [0.3, 0.4) is 0 Å². The van der Waals surface area contributed by atoms with Crippen molar-refractivity contribution in [2.75, 3.05) is 15.4 Å². The van der Waals surface area contributed by atoms with Gasteiger partial charge in [0, 0.05) is 28.5 Å². The molecule has 0 unspecified atom stereocenters. The summed E-state index contributed by atoms with van der Waals surface area (Å²) in [6, 6.07) is 12.1. The fourth-order valence-corrected chi connectivity index (χ4v) is 4.88. The van der Waals surface area contributed by atoms with Gasteiger partial charge in [0.25, 0.3) is 15.9 Å². The van der Waals surface area contributed by atoms with Gasteiger partial charge in [-0.15, -0.1) is 24.5 Å². The number of alkyl halides is 3. The van der Waals surface area contributed by atoms with E-state index in [2.05, 4.69) is 35.0 Å². The molecule has 10 nitrogen and oxygen atoms in total. The first-order chi connectivity index (χ1) is 17.9. The number of aryl methyl sites for hydroxylation is 2. The number of benzene rings is 2. The first-order valence-corrected chi connectivity index (χ1v) is 13.1. The zero-order chi connectivity index (χ0) is 27.5. The molecular formula is C23H19F3N6O4S2. The lowest BCUT2D eigenvalue weighted by molar-refractivity contribution is -0.274. The number of hydrogen-bond donors (Lipinski definition) is 3. The fraction of sp³-hybridized carbons (Fsp3) is 0.130. The molecule has 0 saturated carbocycles. The third kappa shape index (κ3) is 7.17. The van der Waals surface area contributed by atoms with E-state index in [4.69, 9.17) is 0 Å². The predicted octanol–water partition coefficient (Wildman–Crippen LogP) is 5.25. The van der Waals surface area contributed by atoms with Gasteiger partial charge in [0.15, 0.2) is 5.13 Å². The summed E-state index contributed by atoms with van der Waals surface area (Å²) in [7, 11) is -3.92. The lowest BCUT2D eigenvalue weighted by Crippen LogP contribution is -2.16.